The molecule has 0 aliphatic carbocycles. The SMILES string of the molecule is C=C/C=C(\C=C/Sc1ccc(C=O)cc1)Sc1ccc(Sc2ccc(C=O)cc2)cc1. The number of carbonyl (C=O) groups excluding carboxylic acids is 2. The van der Waals surface area contributed by atoms with Gasteiger partial charge in [0.05, 0.1) is 0 Å². The molecule has 0 heterocycles. The largest absolute Gasteiger partial charge is 0.298 e. The third-order valence-electron chi connectivity index (χ3n) is 4.05. The van der Waals surface area contributed by atoms with Gasteiger partial charge in [-0.05, 0) is 66.1 Å². The van der Waals surface area contributed by atoms with Crippen LogP contribution >= 0.6 is 35.3 Å². The number of carbonyl (C=O) groups is 2. The Labute approximate surface area is 195 Å². The first-order chi connectivity index (χ1) is 15.2. The standard InChI is InChI=1S/C26H20O2S3/c1-2-3-23(16-17-29-22-8-4-20(18-27)5-9-22)30-25-12-14-26(15-13-25)31-24-10-6-21(19-28)7-11-24/h2-19H,1H2/b17-16-,23-3+. The molecule has 0 aliphatic rings. The molecule has 0 fully saturated rings. The van der Waals surface area contributed by atoms with E-state index >= 15 is 0 Å². The Morgan fingerprint density at radius 1 is 0.677 bits per heavy atom. The van der Waals surface area contributed by atoms with E-state index in [-0.39, 0.29) is 0 Å². The third kappa shape index (κ3) is 7.47. The summed E-state index contributed by atoms with van der Waals surface area (Å²) in [7, 11) is 0. The molecule has 0 amide bonds. The van der Waals surface area contributed by atoms with Crippen molar-refractivity contribution >= 4 is 47.9 Å². The van der Waals surface area contributed by atoms with Gasteiger partial charge in [-0.25, -0.2) is 0 Å². The highest BCUT2D eigenvalue weighted by Gasteiger charge is 2.01. The molecule has 3 rings (SSSR count). The predicted molar refractivity (Wildman–Crippen MR) is 133 cm³/mol. The number of benzene rings is 3. The van der Waals surface area contributed by atoms with Crippen molar-refractivity contribution in [3.05, 3.63) is 119 Å². The van der Waals surface area contributed by atoms with Crippen LogP contribution in [0.2, 0.25) is 0 Å². The lowest BCUT2D eigenvalue weighted by atomic mass is 10.2. The highest BCUT2D eigenvalue weighted by molar-refractivity contribution is 8.04. The zero-order valence-electron chi connectivity index (χ0n) is 16.6. The fraction of sp³-hybridized carbons (Fsp3) is 0. The van der Waals surface area contributed by atoms with Crippen LogP contribution in [0.1, 0.15) is 20.7 Å². The van der Waals surface area contributed by atoms with E-state index in [9.17, 15) is 9.59 Å². The lowest BCUT2D eigenvalue weighted by molar-refractivity contribution is 0.111. The zero-order valence-corrected chi connectivity index (χ0v) is 19.1. The molecule has 0 saturated heterocycles. The minimum Gasteiger partial charge on any atom is -0.298 e. The van der Waals surface area contributed by atoms with E-state index in [0.29, 0.717) is 11.1 Å². The summed E-state index contributed by atoms with van der Waals surface area (Å²) in [6, 6.07) is 23.5. The van der Waals surface area contributed by atoms with Crippen LogP contribution in [-0.4, -0.2) is 12.6 Å². The van der Waals surface area contributed by atoms with Crippen molar-refractivity contribution in [3.63, 3.8) is 0 Å². The average molecular weight is 461 g/mol. The summed E-state index contributed by atoms with van der Waals surface area (Å²) in [6.07, 6.45) is 7.52. The maximum absolute atomic E-state index is 10.8. The molecule has 0 saturated carbocycles. The second-order valence-electron chi connectivity index (χ2n) is 6.27. The van der Waals surface area contributed by atoms with Crippen LogP contribution < -0.4 is 0 Å². The van der Waals surface area contributed by atoms with Crippen molar-refractivity contribution in [2.75, 3.05) is 0 Å². The van der Waals surface area contributed by atoms with Gasteiger partial charge in [0.15, 0.2) is 0 Å². The molecule has 2 nitrogen and oxygen atoms in total. The number of thioether (sulfide) groups is 2. The summed E-state index contributed by atoms with van der Waals surface area (Å²) in [4.78, 5) is 27.1. The molecule has 0 unspecified atom stereocenters. The Morgan fingerprint density at radius 3 is 1.68 bits per heavy atom. The second-order valence-corrected chi connectivity index (χ2v) is 9.55. The molecule has 31 heavy (non-hydrogen) atoms. The molecular weight excluding hydrogens is 440 g/mol. The average Bonchev–Trinajstić information content (AvgIpc) is 2.81. The van der Waals surface area contributed by atoms with Crippen LogP contribution in [-0.2, 0) is 0 Å². The van der Waals surface area contributed by atoms with Crippen LogP contribution in [0, 0.1) is 0 Å². The van der Waals surface area contributed by atoms with E-state index in [1.165, 1.54) is 0 Å². The minimum absolute atomic E-state index is 0.677. The van der Waals surface area contributed by atoms with Gasteiger partial charge in [0, 0.05) is 35.6 Å². The first-order valence-electron chi connectivity index (χ1n) is 9.42. The highest BCUT2D eigenvalue weighted by atomic mass is 32.2. The van der Waals surface area contributed by atoms with Crippen LogP contribution in [0.25, 0.3) is 0 Å². The van der Waals surface area contributed by atoms with E-state index in [1.54, 1.807) is 41.4 Å². The lowest BCUT2D eigenvalue weighted by Gasteiger charge is -2.05. The Hall–Kier alpha value is -2.73. The molecule has 0 aromatic heterocycles. The Balaban J connectivity index is 1.59. The number of aldehydes is 2. The fourth-order valence-electron chi connectivity index (χ4n) is 2.51. The van der Waals surface area contributed by atoms with Gasteiger partial charge in [0.2, 0.25) is 0 Å². The van der Waals surface area contributed by atoms with Gasteiger partial charge in [0.25, 0.3) is 0 Å². The molecule has 0 spiro atoms. The van der Waals surface area contributed by atoms with Crippen molar-refractivity contribution in [1.82, 2.24) is 0 Å². The van der Waals surface area contributed by atoms with E-state index in [1.807, 2.05) is 60.0 Å². The molecule has 0 aliphatic heterocycles. The van der Waals surface area contributed by atoms with E-state index < -0.39 is 0 Å². The maximum Gasteiger partial charge on any atom is 0.150 e. The molecule has 0 bridgehead atoms. The maximum atomic E-state index is 10.8. The second kappa shape index (κ2) is 12.2. The molecule has 3 aromatic rings. The normalized spacial score (nSPS) is 11.4. The van der Waals surface area contributed by atoms with Crippen LogP contribution in [0.5, 0.6) is 0 Å². The number of hydrogen-bond donors (Lipinski definition) is 0. The number of rotatable bonds is 10. The number of hydrogen-bond acceptors (Lipinski definition) is 5. The van der Waals surface area contributed by atoms with Crippen molar-refractivity contribution in [2.45, 2.75) is 19.6 Å². The molecule has 0 atom stereocenters. The Kier molecular flexibility index (Phi) is 9.03. The molecule has 0 radical (unpaired) electrons. The van der Waals surface area contributed by atoms with Crippen LogP contribution in [0.4, 0.5) is 0 Å². The minimum atomic E-state index is 0.677. The summed E-state index contributed by atoms with van der Waals surface area (Å²) in [5.41, 5.74) is 1.36. The molecular formula is C26H20O2S3. The summed E-state index contributed by atoms with van der Waals surface area (Å²) < 4.78 is 0. The van der Waals surface area contributed by atoms with E-state index in [4.69, 9.17) is 0 Å². The monoisotopic (exact) mass is 460 g/mol. The first kappa shape index (κ1) is 22.9. The van der Waals surface area contributed by atoms with Gasteiger partial charge >= 0.3 is 0 Å². The van der Waals surface area contributed by atoms with Crippen molar-refractivity contribution < 1.29 is 9.59 Å². The topological polar surface area (TPSA) is 34.1 Å². The van der Waals surface area contributed by atoms with Crippen molar-refractivity contribution in [2.24, 2.45) is 0 Å². The van der Waals surface area contributed by atoms with Crippen LogP contribution in [0.3, 0.4) is 0 Å². The van der Waals surface area contributed by atoms with Gasteiger partial charge < -0.3 is 0 Å². The summed E-state index contributed by atoms with van der Waals surface area (Å²) >= 11 is 4.93. The lowest BCUT2D eigenvalue weighted by Crippen LogP contribution is -1.79. The Bertz CT molecular complexity index is 1080. The van der Waals surface area contributed by atoms with Gasteiger partial charge in [-0.3, -0.25) is 9.59 Å². The van der Waals surface area contributed by atoms with Crippen molar-refractivity contribution in [3.8, 4) is 0 Å². The third-order valence-corrected chi connectivity index (χ3v) is 6.89. The van der Waals surface area contributed by atoms with Gasteiger partial charge in [-0.1, -0.05) is 72.2 Å². The molecule has 3 aromatic carbocycles. The molecule has 5 heteroatoms. The van der Waals surface area contributed by atoms with Crippen LogP contribution in [0.15, 0.2) is 127 Å². The fourth-order valence-corrected chi connectivity index (χ4v) is 4.92. The van der Waals surface area contributed by atoms with Gasteiger partial charge in [-0.15, -0.1) is 0 Å². The zero-order chi connectivity index (χ0) is 21.9. The summed E-state index contributed by atoms with van der Waals surface area (Å²) in [5, 5.41) is 2.03. The summed E-state index contributed by atoms with van der Waals surface area (Å²) in [6.45, 7) is 3.81. The Morgan fingerprint density at radius 2 is 1.16 bits per heavy atom. The van der Waals surface area contributed by atoms with E-state index in [0.717, 1.165) is 37.1 Å². The predicted octanol–water partition coefficient (Wildman–Crippen LogP) is 7.93. The highest BCUT2D eigenvalue weighted by Crippen LogP contribution is 2.33. The van der Waals surface area contributed by atoms with E-state index in [2.05, 4.69) is 36.9 Å². The smallest absolute Gasteiger partial charge is 0.150 e. The molecule has 0 N–H and O–H groups in total. The summed E-state index contributed by atoms with van der Waals surface area (Å²) in [5.74, 6) is 0. The van der Waals surface area contributed by atoms with Crippen molar-refractivity contribution in [1.29, 1.82) is 0 Å². The quantitative estimate of drug-likeness (QED) is 0.174. The molecule has 154 valence electrons. The van der Waals surface area contributed by atoms with Gasteiger partial charge in [-0.2, -0.15) is 0 Å². The number of allylic oxidation sites excluding steroid dienone is 3. The first-order valence-corrected chi connectivity index (χ1v) is 11.9. The van der Waals surface area contributed by atoms with Gasteiger partial charge in [0.1, 0.15) is 12.6 Å².